The smallest absolute Gasteiger partial charge is 0.254 e. The molecule has 0 spiro atoms. The summed E-state index contributed by atoms with van der Waals surface area (Å²) in [5.41, 5.74) is 1.62. The van der Waals surface area contributed by atoms with Gasteiger partial charge in [-0.3, -0.25) is 4.79 Å². The van der Waals surface area contributed by atoms with Gasteiger partial charge in [0.25, 0.3) is 15.9 Å². The van der Waals surface area contributed by atoms with Gasteiger partial charge in [-0.05, 0) is 31.0 Å². The van der Waals surface area contributed by atoms with E-state index in [0.29, 0.717) is 31.7 Å². The van der Waals surface area contributed by atoms with Crippen molar-refractivity contribution in [3.63, 3.8) is 0 Å². The maximum absolute atomic E-state index is 13.1. The van der Waals surface area contributed by atoms with E-state index in [1.165, 1.54) is 0 Å². The van der Waals surface area contributed by atoms with Gasteiger partial charge < -0.3 is 9.80 Å². The van der Waals surface area contributed by atoms with Crippen LogP contribution in [-0.4, -0.2) is 62.8 Å². The fraction of sp³-hybridized carbons (Fsp3) is 0.476. The van der Waals surface area contributed by atoms with Crippen molar-refractivity contribution in [2.45, 2.75) is 29.9 Å². The summed E-state index contributed by atoms with van der Waals surface area (Å²) in [7, 11) is -3.56. The minimum absolute atomic E-state index is 0.0431. The first-order chi connectivity index (χ1) is 14.1. The molecule has 1 amide bonds. The minimum Gasteiger partial charge on any atom is -0.369 e. The van der Waals surface area contributed by atoms with Crippen LogP contribution >= 0.6 is 11.3 Å². The lowest BCUT2D eigenvalue weighted by molar-refractivity contribution is 0.0762. The summed E-state index contributed by atoms with van der Waals surface area (Å²) in [5, 5.41) is 1.69. The van der Waals surface area contributed by atoms with Crippen molar-refractivity contribution in [2.75, 3.05) is 44.2 Å². The van der Waals surface area contributed by atoms with Crippen LogP contribution < -0.4 is 4.90 Å². The minimum atomic E-state index is -3.56. The van der Waals surface area contributed by atoms with E-state index < -0.39 is 10.0 Å². The molecule has 0 unspecified atom stereocenters. The normalized spacial score (nSPS) is 19.2. The van der Waals surface area contributed by atoms with Gasteiger partial charge in [0.05, 0.1) is 5.56 Å². The maximum Gasteiger partial charge on any atom is 0.254 e. The molecule has 2 aliphatic rings. The molecule has 4 rings (SSSR count). The highest BCUT2D eigenvalue weighted by atomic mass is 32.2. The molecule has 0 N–H and O–H groups in total. The summed E-state index contributed by atoms with van der Waals surface area (Å²) < 4.78 is 28.0. The Bertz CT molecular complexity index is 927. The van der Waals surface area contributed by atoms with Crippen LogP contribution in [0, 0.1) is 0 Å². The Morgan fingerprint density at radius 3 is 2.17 bits per heavy atom. The van der Waals surface area contributed by atoms with Gasteiger partial charge in [-0.25, -0.2) is 8.42 Å². The highest BCUT2D eigenvalue weighted by Crippen LogP contribution is 2.27. The van der Waals surface area contributed by atoms with E-state index >= 15 is 0 Å². The molecular weight excluding hydrogens is 406 g/mol. The van der Waals surface area contributed by atoms with Gasteiger partial charge in [-0.15, -0.1) is 11.3 Å². The van der Waals surface area contributed by atoms with Crippen LogP contribution in [0.5, 0.6) is 0 Å². The molecule has 29 heavy (non-hydrogen) atoms. The van der Waals surface area contributed by atoms with Crippen LogP contribution in [0.4, 0.5) is 5.69 Å². The number of carbonyl (C=O) groups is 1. The topological polar surface area (TPSA) is 60.9 Å². The second-order valence-electron chi connectivity index (χ2n) is 7.59. The molecule has 0 radical (unpaired) electrons. The van der Waals surface area contributed by atoms with Crippen LogP contribution in [0.3, 0.4) is 0 Å². The molecule has 156 valence electrons. The largest absolute Gasteiger partial charge is 0.369 e. The van der Waals surface area contributed by atoms with Crippen molar-refractivity contribution in [3.05, 3.63) is 47.3 Å². The predicted molar refractivity (Wildman–Crippen MR) is 116 cm³/mol. The summed E-state index contributed by atoms with van der Waals surface area (Å²) in [5.74, 6) is -0.0431. The van der Waals surface area contributed by atoms with Crippen molar-refractivity contribution >= 4 is 33.0 Å². The van der Waals surface area contributed by atoms with Gasteiger partial charge in [0.1, 0.15) is 4.21 Å². The van der Waals surface area contributed by atoms with Crippen molar-refractivity contribution in [1.82, 2.24) is 9.21 Å². The Balaban J connectivity index is 1.42. The van der Waals surface area contributed by atoms with Gasteiger partial charge in [0, 0.05) is 50.3 Å². The Labute approximate surface area is 176 Å². The number of hydrogen-bond acceptors (Lipinski definition) is 5. The summed E-state index contributed by atoms with van der Waals surface area (Å²) in [6.45, 7) is 3.74. The number of nitrogens with zero attached hydrogens (tertiary/aromatic N) is 3. The van der Waals surface area contributed by atoms with E-state index in [2.05, 4.69) is 4.90 Å². The van der Waals surface area contributed by atoms with E-state index in [4.69, 9.17) is 0 Å². The predicted octanol–water partition coefficient (Wildman–Crippen LogP) is 3.28. The second-order valence-corrected chi connectivity index (χ2v) is 10.7. The van der Waals surface area contributed by atoms with E-state index in [9.17, 15) is 13.2 Å². The molecule has 8 heteroatoms. The number of piperazine rings is 1. The zero-order valence-electron chi connectivity index (χ0n) is 16.5. The Morgan fingerprint density at radius 2 is 1.52 bits per heavy atom. The molecule has 2 aromatic rings. The summed E-state index contributed by atoms with van der Waals surface area (Å²) in [6.07, 6.45) is 4.35. The standard InChI is InChI=1S/C21H27N3O3S2/c25-21(23-10-6-1-2-7-11-23)18-16-20(28-17-18)29(26,27)24-14-12-22(13-15-24)19-8-4-3-5-9-19/h3-5,8-9,16-17H,1-2,6-7,10-15H2. The molecular formula is C21H27N3O3S2. The zero-order valence-corrected chi connectivity index (χ0v) is 18.1. The summed E-state index contributed by atoms with van der Waals surface area (Å²) in [6, 6.07) is 11.6. The molecule has 2 saturated heterocycles. The molecule has 0 atom stereocenters. The van der Waals surface area contributed by atoms with E-state index in [-0.39, 0.29) is 10.1 Å². The third-order valence-corrected chi connectivity index (χ3v) is 8.98. The number of likely N-dealkylation sites (tertiary alicyclic amines) is 1. The first kappa shape index (κ1) is 20.4. The molecule has 0 bridgehead atoms. The fourth-order valence-electron chi connectivity index (χ4n) is 3.97. The van der Waals surface area contributed by atoms with Gasteiger partial charge in [-0.2, -0.15) is 4.31 Å². The van der Waals surface area contributed by atoms with Crippen LogP contribution in [-0.2, 0) is 10.0 Å². The van der Waals surface area contributed by atoms with Crippen LogP contribution in [0.25, 0.3) is 0 Å². The lowest BCUT2D eigenvalue weighted by Crippen LogP contribution is -2.48. The van der Waals surface area contributed by atoms with Gasteiger partial charge in [0.2, 0.25) is 0 Å². The van der Waals surface area contributed by atoms with Crippen LogP contribution in [0.2, 0.25) is 0 Å². The molecule has 2 fully saturated rings. The summed E-state index contributed by atoms with van der Waals surface area (Å²) in [4.78, 5) is 16.9. The zero-order chi connectivity index (χ0) is 20.3. The average molecular weight is 434 g/mol. The van der Waals surface area contributed by atoms with Gasteiger partial charge in [0.15, 0.2) is 0 Å². The second kappa shape index (κ2) is 8.85. The first-order valence-corrected chi connectivity index (χ1v) is 12.6. The molecule has 2 aliphatic heterocycles. The maximum atomic E-state index is 13.1. The van der Waals surface area contributed by atoms with Crippen LogP contribution in [0.1, 0.15) is 36.0 Å². The van der Waals surface area contributed by atoms with Crippen LogP contribution in [0.15, 0.2) is 46.0 Å². The molecule has 0 saturated carbocycles. The number of anilines is 1. The SMILES string of the molecule is O=C(c1csc(S(=O)(=O)N2CCN(c3ccccc3)CC2)c1)N1CCCCCC1. The number of thiophene rings is 1. The molecule has 3 heterocycles. The van der Waals surface area contributed by atoms with E-state index in [1.54, 1.807) is 15.8 Å². The fourth-order valence-corrected chi connectivity index (χ4v) is 6.70. The summed E-state index contributed by atoms with van der Waals surface area (Å²) >= 11 is 1.15. The number of benzene rings is 1. The Hall–Kier alpha value is -1.90. The van der Waals surface area contributed by atoms with E-state index in [0.717, 1.165) is 55.8 Å². The average Bonchev–Trinajstić information content (AvgIpc) is 3.11. The third kappa shape index (κ3) is 4.49. The Morgan fingerprint density at radius 1 is 0.862 bits per heavy atom. The van der Waals surface area contributed by atoms with Crippen molar-refractivity contribution < 1.29 is 13.2 Å². The number of rotatable bonds is 4. The number of amides is 1. The number of sulfonamides is 1. The monoisotopic (exact) mass is 433 g/mol. The number of carbonyl (C=O) groups excluding carboxylic acids is 1. The van der Waals surface area contributed by atoms with Crippen molar-refractivity contribution in [3.8, 4) is 0 Å². The lowest BCUT2D eigenvalue weighted by atomic mass is 10.2. The van der Waals surface area contributed by atoms with Gasteiger partial charge >= 0.3 is 0 Å². The van der Waals surface area contributed by atoms with Crippen molar-refractivity contribution in [1.29, 1.82) is 0 Å². The highest BCUT2D eigenvalue weighted by Gasteiger charge is 2.31. The number of hydrogen-bond donors (Lipinski definition) is 0. The third-order valence-electron chi connectivity index (χ3n) is 5.67. The first-order valence-electron chi connectivity index (χ1n) is 10.2. The lowest BCUT2D eigenvalue weighted by Gasteiger charge is -2.35. The molecule has 1 aromatic heterocycles. The van der Waals surface area contributed by atoms with Gasteiger partial charge in [-0.1, -0.05) is 31.0 Å². The number of para-hydroxylation sites is 1. The quantitative estimate of drug-likeness (QED) is 0.743. The molecule has 0 aliphatic carbocycles. The Kier molecular flexibility index (Phi) is 6.22. The molecule has 1 aromatic carbocycles. The van der Waals surface area contributed by atoms with Crippen molar-refractivity contribution in [2.24, 2.45) is 0 Å². The van der Waals surface area contributed by atoms with E-state index in [1.807, 2.05) is 35.2 Å². The molecule has 6 nitrogen and oxygen atoms in total. The highest BCUT2D eigenvalue weighted by molar-refractivity contribution is 7.91.